The highest BCUT2D eigenvalue weighted by Crippen LogP contribution is 2.28. The number of rotatable bonds is 10. The lowest BCUT2D eigenvalue weighted by Gasteiger charge is -2.22. The monoisotopic (exact) mass is 287 g/mol. The predicted molar refractivity (Wildman–Crippen MR) is 78.7 cm³/mol. The van der Waals surface area contributed by atoms with Crippen LogP contribution in [0.4, 0.5) is 0 Å². The van der Waals surface area contributed by atoms with E-state index in [4.69, 9.17) is 19.9 Å². The number of methoxy groups -OCH3 is 1. The summed E-state index contributed by atoms with van der Waals surface area (Å²) >= 11 is 1.75. The molecule has 19 heavy (non-hydrogen) atoms. The van der Waals surface area contributed by atoms with Gasteiger partial charge in [0.25, 0.3) is 0 Å². The summed E-state index contributed by atoms with van der Waals surface area (Å²) in [5.74, 6) is 0. The zero-order chi connectivity index (χ0) is 14.1. The van der Waals surface area contributed by atoms with Crippen LogP contribution in [0.5, 0.6) is 0 Å². The van der Waals surface area contributed by atoms with Gasteiger partial charge in [-0.05, 0) is 25.5 Å². The van der Waals surface area contributed by atoms with Gasteiger partial charge in [0.15, 0.2) is 0 Å². The van der Waals surface area contributed by atoms with Crippen molar-refractivity contribution in [2.45, 2.75) is 32.4 Å². The number of nitrogens with two attached hydrogens (primary N) is 1. The Hall–Kier alpha value is -0.460. The van der Waals surface area contributed by atoms with Gasteiger partial charge in [0.1, 0.15) is 6.10 Å². The second-order valence-electron chi connectivity index (χ2n) is 4.42. The Morgan fingerprint density at radius 3 is 2.53 bits per heavy atom. The molecule has 0 fully saturated rings. The second-order valence-corrected chi connectivity index (χ2v) is 5.74. The van der Waals surface area contributed by atoms with Gasteiger partial charge in [0.05, 0.1) is 26.4 Å². The van der Waals surface area contributed by atoms with Crippen molar-refractivity contribution in [2.24, 2.45) is 5.73 Å². The van der Waals surface area contributed by atoms with Gasteiger partial charge >= 0.3 is 0 Å². The molecule has 0 aromatic carbocycles. The lowest BCUT2D eigenvalue weighted by Crippen LogP contribution is -2.30. The van der Waals surface area contributed by atoms with Crippen LogP contribution in [0.25, 0.3) is 0 Å². The number of aryl methyl sites for hydroxylation is 1. The van der Waals surface area contributed by atoms with Crippen LogP contribution in [0.3, 0.4) is 0 Å². The van der Waals surface area contributed by atoms with E-state index < -0.39 is 0 Å². The highest BCUT2D eigenvalue weighted by molar-refractivity contribution is 7.12. The first-order chi connectivity index (χ1) is 9.19. The molecule has 0 saturated heterocycles. The Balaban J connectivity index is 2.39. The van der Waals surface area contributed by atoms with Crippen molar-refractivity contribution in [1.29, 1.82) is 0 Å². The van der Waals surface area contributed by atoms with Crippen LogP contribution in [0, 0.1) is 6.92 Å². The first-order valence-electron chi connectivity index (χ1n) is 6.69. The van der Waals surface area contributed by atoms with Crippen molar-refractivity contribution in [3.05, 3.63) is 21.9 Å². The maximum absolute atomic E-state index is 6.14. The summed E-state index contributed by atoms with van der Waals surface area (Å²) in [6, 6.07) is 4.23. The van der Waals surface area contributed by atoms with E-state index in [1.54, 1.807) is 18.4 Å². The molecule has 5 heteroatoms. The van der Waals surface area contributed by atoms with Crippen LogP contribution in [0.2, 0.25) is 0 Å². The first kappa shape index (κ1) is 16.6. The first-order valence-corrected chi connectivity index (χ1v) is 7.50. The van der Waals surface area contributed by atoms with Crippen molar-refractivity contribution in [3.8, 4) is 0 Å². The molecular weight excluding hydrogens is 262 g/mol. The third-order valence-electron chi connectivity index (χ3n) is 2.86. The Morgan fingerprint density at radius 2 is 1.95 bits per heavy atom. The highest BCUT2D eigenvalue weighted by atomic mass is 32.1. The molecule has 110 valence electrons. The Morgan fingerprint density at radius 1 is 1.21 bits per heavy atom. The molecule has 0 aliphatic rings. The third kappa shape index (κ3) is 6.01. The van der Waals surface area contributed by atoms with Crippen LogP contribution in [-0.4, -0.2) is 39.6 Å². The van der Waals surface area contributed by atoms with Crippen molar-refractivity contribution in [1.82, 2.24) is 0 Å². The molecule has 0 amide bonds. The molecule has 1 aromatic rings. The van der Waals surface area contributed by atoms with E-state index in [1.807, 2.05) is 0 Å². The summed E-state index contributed by atoms with van der Waals surface area (Å²) in [5, 5.41) is 0. The minimum Gasteiger partial charge on any atom is -0.382 e. The van der Waals surface area contributed by atoms with Crippen LogP contribution < -0.4 is 5.73 Å². The highest BCUT2D eigenvalue weighted by Gasteiger charge is 2.20. The summed E-state index contributed by atoms with van der Waals surface area (Å²) in [7, 11) is 1.66. The summed E-state index contributed by atoms with van der Waals surface area (Å²) < 4.78 is 16.2. The summed E-state index contributed by atoms with van der Waals surface area (Å²) in [4.78, 5) is 2.48. The van der Waals surface area contributed by atoms with Crippen molar-refractivity contribution >= 4 is 11.3 Å². The number of hydrogen-bond acceptors (Lipinski definition) is 5. The molecule has 0 spiro atoms. The molecule has 0 aliphatic heterocycles. The van der Waals surface area contributed by atoms with Crippen LogP contribution >= 0.6 is 11.3 Å². The zero-order valence-corrected chi connectivity index (χ0v) is 12.9. The fourth-order valence-corrected chi connectivity index (χ4v) is 2.72. The Labute approximate surface area is 119 Å². The third-order valence-corrected chi connectivity index (χ3v) is 3.92. The van der Waals surface area contributed by atoms with E-state index in [-0.39, 0.29) is 12.1 Å². The minimum absolute atomic E-state index is 0.0250. The second kappa shape index (κ2) is 9.44. The minimum atomic E-state index is -0.0327. The number of thiophene rings is 1. The van der Waals surface area contributed by atoms with Crippen molar-refractivity contribution < 1.29 is 14.2 Å². The van der Waals surface area contributed by atoms with Gasteiger partial charge in [-0.3, -0.25) is 0 Å². The van der Waals surface area contributed by atoms with E-state index in [2.05, 4.69) is 26.0 Å². The molecule has 2 atom stereocenters. The van der Waals surface area contributed by atoms with E-state index in [9.17, 15) is 0 Å². The lowest BCUT2D eigenvalue weighted by atomic mass is 10.1. The molecular formula is C14H25NO3S. The predicted octanol–water partition coefficient (Wildman–Crippen LogP) is 2.51. The molecule has 2 N–H and O–H groups in total. The van der Waals surface area contributed by atoms with E-state index in [0.717, 1.165) is 6.42 Å². The number of ether oxygens (including phenoxy) is 3. The standard InChI is InChI=1S/C14H25NO3S/c1-4-12(15)14(13-6-5-11(2)19-13)18-10-9-17-8-7-16-3/h5-6,12,14H,4,7-10,15H2,1-3H3. The quantitative estimate of drug-likeness (QED) is 0.672. The van der Waals surface area contributed by atoms with Gasteiger partial charge < -0.3 is 19.9 Å². The summed E-state index contributed by atoms with van der Waals surface area (Å²) in [6.07, 6.45) is 0.862. The van der Waals surface area contributed by atoms with E-state index in [0.29, 0.717) is 26.4 Å². The largest absolute Gasteiger partial charge is 0.382 e. The molecule has 2 unspecified atom stereocenters. The lowest BCUT2D eigenvalue weighted by molar-refractivity contribution is -0.0152. The van der Waals surface area contributed by atoms with Gasteiger partial charge in [0, 0.05) is 22.9 Å². The fourth-order valence-electron chi connectivity index (χ4n) is 1.72. The zero-order valence-electron chi connectivity index (χ0n) is 12.1. The Kier molecular flexibility index (Phi) is 8.25. The Bertz CT molecular complexity index is 343. The molecule has 0 radical (unpaired) electrons. The van der Waals surface area contributed by atoms with Gasteiger partial charge in [-0.2, -0.15) is 0 Å². The molecule has 0 saturated carbocycles. The topological polar surface area (TPSA) is 53.7 Å². The molecule has 1 aromatic heterocycles. The molecule has 0 aliphatic carbocycles. The maximum Gasteiger partial charge on any atom is 0.107 e. The fraction of sp³-hybridized carbons (Fsp3) is 0.714. The summed E-state index contributed by atoms with van der Waals surface area (Å²) in [5.41, 5.74) is 6.14. The van der Waals surface area contributed by atoms with Crippen LogP contribution in [-0.2, 0) is 14.2 Å². The maximum atomic E-state index is 6.14. The van der Waals surface area contributed by atoms with Crippen molar-refractivity contribution in [2.75, 3.05) is 33.5 Å². The van der Waals surface area contributed by atoms with Gasteiger partial charge in [-0.25, -0.2) is 0 Å². The number of hydrogen-bond donors (Lipinski definition) is 1. The smallest absolute Gasteiger partial charge is 0.107 e. The average Bonchev–Trinajstić information content (AvgIpc) is 2.83. The average molecular weight is 287 g/mol. The van der Waals surface area contributed by atoms with Crippen LogP contribution in [0.1, 0.15) is 29.2 Å². The normalized spacial score (nSPS) is 14.5. The molecule has 0 bridgehead atoms. The van der Waals surface area contributed by atoms with E-state index >= 15 is 0 Å². The molecule has 1 rings (SSSR count). The molecule has 4 nitrogen and oxygen atoms in total. The molecule has 1 heterocycles. The summed E-state index contributed by atoms with van der Waals surface area (Å²) in [6.45, 7) is 6.51. The van der Waals surface area contributed by atoms with Gasteiger partial charge in [0.2, 0.25) is 0 Å². The van der Waals surface area contributed by atoms with Gasteiger partial charge in [-0.15, -0.1) is 11.3 Å². The van der Waals surface area contributed by atoms with Crippen molar-refractivity contribution in [3.63, 3.8) is 0 Å². The van der Waals surface area contributed by atoms with Crippen LogP contribution in [0.15, 0.2) is 12.1 Å². The van der Waals surface area contributed by atoms with E-state index in [1.165, 1.54) is 9.75 Å². The SMILES string of the molecule is CCC(N)C(OCCOCCOC)c1ccc(C)s1. The van der Waals surface area contributed by atoms with Gasteiger partial charge in [-0.1, -0.05) is 6.92 Å².